The van der Waals surface area contributed by atoms with Crippen molar-refractivity contribution in [2.45, 2.75) is 13.5 Å². The molecule has 0 spiro atoms. The van der Waals surface area contributed by atoms with E-state index in [9.17, 15) is 14.7 Å². The monoisotopic (exact) mass is 388 g/mol. The predicted molar refractivity (Wildman–Crippen MR) is 92.1 cm³/mol. The Morgan fingerprint density at radius 2 is 2.04 bits per heavy atom. The summed E-state index contributed by atoms with van der Waals surface area (Å²) in [7, 11) is 0. The third-order valence-electron chi connectivity index (χ3n) is 3.64. The first-order chi connectivity index (χ1) is 11.5. The van der Waals surface area contributed by atoms with E-state index < -0.39 is 11.6 Å². The number of phenolic OH excluding ortho intramolecular Hbond substituents is 1. The summed E-state index contributed by atoms with van der Waals surface area (Å²) < 4.78 is 11.2. The molecule has 1 N–H and O–H groups in total. The van der Waals surface area contributed by atoms with Gasteiger partial charge >= 0.3 is 11.6 Å². The van der Waals surface area contributed by atoms with Crippen LogP contribution in [0.15, 0.2) is 56.1 Å². The van der Waals surface area contributed by atoms with E-state index in [1.165, 1.54) is 12.1 Å². The SMILES string of the molecule is Cc1c(O)ccc2c(COC(=O)c3cccc(Br)c3)cc(=O)oc12. The van der Waals surface area contributed by atoms with E-state index in [1.807, 2.05) is 6.07 Å². The van der Waals surface area contributed by atoms with E-state index in [4.69, 9.17) is 9.15 Å². The van der Waals surface area contributed by atoms with Crippen LogP contribution in [0.3, 0.4) is 0 Å². The van der Waals surface area contributed by atoms with Crippen molar-refractivity contribution in [2.75, 3.05) is 0 Å². The number of ether oxygens (including phenoxy) is 1. The number of rotatable bonds is 3. The number of aryl methyl sites for hydroxylation is 1. The van der Waals surface area contributed by atoms with E-state index in [-0.39, 0.29) is 17.9 Å². The maximum Gasteiger partial charge on any atom is 0.338 e. The van der Waals surface area contributed by atoms with Gasteiger partial charge in [-0.15, -0.1) is 0 Å². The molecule has 5 nitrogen and oxygen atoms in total. The van der Waals surface area contributed by atoms with Crippen molar-refractivity contribution in [3.63, 3.8) is 0 Å². The smallest absolute Gasteiger partial charge is 0.338 e. The number of aromatic hydroxyl groups is 1. The number of benzene rings is 2. The van der Waals surface area contributed by atoms with Gasteiger partial charge in [-0.2, -0.15) is 0 Å². The van der Waals surface area contributed by atoms with Crippen molar-refractivity contribution < 1.29 is 19.1 Å². The molecule has 2 aromatic carbocycles. The van der Waals surface area contributed by atoms with E-state index in [0.29, 0.717) is 22.1 Å². The molecule has 0 aliphatic heterocycles. The third kappa shape index (κ3) is 3.19. The Morgan fingerprint density at radius 1 is 1.25 bits per heavy atom. The van der Waals surface area contributed by atoms with E-state index in [0.717, 1.165) is 4.47 Å². The lowest BCUT2D eigenvalue weighted by Crippen LogP contribution is -2.08. The molecule has 1 aromatic heterocycles. The van der Waals surface area contributed by atoms with Crippen LogP contribution in [-0.2, 0) is 11.3 Å². The van der Waals surface area contributed by atoms with Crippen LogP contribution in [0.25, 0.3) is 11.0 Å². The molecule has 0 amide bonds. The second kappa shape index (κ2) is 6.49. The number of carbonyl (C=O) groups excluding carboxylic acids is 1. The highest BCUT2D eigenvalue weighted by Crippen LogP contribution is 2.27. The molecule has 6 heteroatoms. The van der Waals surface area contributed by atoms with Gasteiger partial charge in [0.2, 0.25) is 0 Å². The van der Waals surface area contributed by atoms with Crippen LogP contribution in [0, 0.1) is 6.92 Å². The van der Waals surface area contributed by atoms with E-state index in [1.54, 1.807) is 31.2 Å². The van der Waals surface area contributed by atoms with Gasteiger partial charge in [-0.1, -0.05) is 22.0 Å². The maximum absolute atomic E-state index is 12.1. The van der Waals surface area contributed by atoms with Crippen LogP contribution in [0.1, 0.15) is 21.5 Å². The van der Waals surface area contributed by atoms with Gasteiger partial charge in [0.25, 0.3) is 0 Å². The molecule has 0 aliphatic carbocycles. The summed E-state index contributed by atoms with van der Waals surface area (Å²) in [6.45, 7) is 1.58. The lowest BCUT2D eigenvalue weighted by molar-refractivity contribution is 0.0473. The van der Waals surface area contributed by atoms with Gasteiger partial charge in [0.15, 0.2) is 0 Å². The van der Waals surface area contributed by atoms with Crippen LogP contribution in [0.5, 0.6) is 5.75 Å². The fraction of sp³-hybridized carbons (Fsp3) is 0.111. The molecule has 0 bridgehead atoms. The zero-order valence-corrected chi connectivity index (χ0v) is 14.3. The van der Waals surface area contributed by atoms with Gasteiger partial charge in [-0.25, -0.2) is 9.59 Å². The fourth-order valence-electron chi connectivity index (χ4n) is 2.38. The highest BCUT2D eigenvalue weighted by Gasteiger charge is 2.13. The quantitative estimate of drug-likeness (QED) is 0.543. The summed E-state index contributed by atoms with van der Waals surface area (Å²) >= 11 is 3.30. The zero-order valence-electron chi connectivity index (χ0n) is 12.7. The summed E-state index contributed by atoms with van der Waals surface area (Å²) in [6.07, 6.45) is 0. The second-order valence-electron chi connectivity index (χ2n) is 5.26. The summed E-state index contributed by atoms with van der Waals surface area (Å²) in [6, 6.07) is 11.3. The Kier molecular flexibility index (Phi) is 4.40. The number of esters is 1. The van der Waals surface area contributed by atoms with Gasteiger partial charge in [-0.3, -0.25) is 0 Å². The van der Waals surface area contributed by atoms with Gasteiger partial charge in [-0.05, 0) is 37.3 Å². The van der Waals surface area contributed by atoms with E-state index >= 15 is 0 Å². The molecule has 0 aliphatic rings. The molecule has 0 saturated heterocycles. The molecule has 3 aromatic rings. The summed E-state index contributed by atoms with van der Waals surface area (Å²) in [4.78, 5) is 23.9. The zero-order chi connectivity index (χ0) is 17.3. The average molecular weight is 389 g/mol. The van der Waals surface area contributed by atoms with Crippen molar-refractivity contribution in [1.29, 1.82) is 0 Å². The molecule has 3 rings (SSSR count). The Hall–Kier alpha value is -2.60. The highest BCUT2D eigenvalue weighted by atomic mass is 79.9. The normalized spacial score (nSPS) is 10.8. The number of fused-ring (bicyclic) bond motifs is 1. The molecule has 1 heterocycles. The second-order valence-corrected chi connectivity index (χ2v) is 6.18. The molecule has 0 radical (unpaired) electrons. The minimum absolute atomic E-state index is 0.0360. The van der Waals surface area contributed by atoms with Crippen LogP contribution < -0.4 is 5.63 Å². The first-order valence-electron chi connectivity index (χ1n) is 7.13. The first kappa shape index (κ1) is 16.3. The van der Waals surface area contributed by atoms with Crippen molar-refractivity contribution in [3.8, 4) is 5.75 Å². The minimum atomic E-state index is -0.565. The van der Waals surface area contributed by atoms with Crippen molar-refractivity contribution in [3.05, 3.63) is 74.0 Å². The molecule has 0 saturated carbocycles. The molecule has 0 atom stereocenters. The topological polar surface area (TPSA) is 76.7 Å². The van der Waals surface area contributed by atoms with Gasteiger partial charge < -0.3 is 14.3 Å². The molecule has 0 fully saturated rings. The summed E-state index contributed by atoms with van der Waals surface area (Å²) in [5, 5.41) is 10.4. The van der Waals surface area contributed by atoms with Crippen molar-refractivity contribution in [1.82, 2.24) is 0 Å². The van der Waals surface area contributed by atoms with Gasteiger partial charge in [0.05, 0.1) is 5.56 Å². The number of phenols is 1. The van der Waals surface area contributed by atoms with E-state index in [2.05, 4.69) is 15.9 Å². The van der Waals surface area contributed by atoms with Gasteiger partial charge in [0.1, 0.15) is 17.9 Å². The highest BCUT2D eigenvalue weighted by molar-refractivity contribution is 9.10. The Balaban J connectivity index is 1.92. The summed E-state index contributed by atoms with van der Waals surface area (Å²) in [5.74, 6) is -0.456. The number of halogens is 1. The van der Waals surface area contributed by atoms with Crippen LogP contribution in [0.2, 0.25) is 0 Å². The maximum atomic E-state index is 12.1. The molecular formula is C18H13BrO5. The predicted octanol–water partition coefficient (Wildman–Crippen LogP) is 3.93. The number of hydrogen-bond donors (Lipinski definition) is 1. The summed E-state index contributed by atoms with van der Waals surface area (Å²) in [5.41, 5.74) is 1.11. The fourth-order valence-corrected chi connectivity index (χ4v) is 2.78. The van der Waals surface area contributed by atoms with Crippen LogP contribution in [-0.4, -0.2) is 11.1 Å². The first-order valence-corrected chi connectivity index (χ1v) is 7.93. The van der Waals surface area contributed by atoms with Crippen molar-refractivity contribution in [2.24, 2.45) is 0 Å². The molecule has 122 valence electrons. The third-order valence-corrected chi connectivity index (χ3v) is 4.13. The molecule has 24 heavy (non-hydrogen) atoms. The van der Waals surface area contributed by atoms with Crippen molar-refractivity contribution >= 4 is 32.9 Å². The standard InChI is InChI=1S/C18H13BrO5/c1-10-15(20)6-5-14-12(8-16(21)24-17(10)14)9-23-18(22)11-3-2-4-13(19)7-11/h2-8,20H,9H2,1H3. The lowest BCUT2D eigenvalue weighted by Gasteiger charge is -2.09. The van der Waals surface area contributed by atoms with Crippen LogP contribution in [0.4, 0.5) is 0 Å². The Bertz CT molecular complexity index is 990. The average Bonchev–Trinajstić information content (AvgIpc) is 2.56. The molecule has 0 unspecified atom stereocenters. The Labute approximate surface area is 145 Å². The minimum Gasteiger partial charge on any atom is -0.508 e. The Morgan fingerprint density at radius 3 is 2.79 bits per heavy atom. The number of hydrogen-bond acceptors (Lipinski definition) is 5. The molecular weight excluding hydrogens is 376 g/mol. The lowest BCUT2D eigenvalue weighted by atomic mass is 10.1. The number of carbonyl (C=O) groups is 1. The van der Waals surface area contributed by atoms with Crippen LogP contribution >= 0.6 is 15.9 Å². The van der Waals surface area contributed by atoms with Gasteiger partial charge in [0, 0.05) is 27.1 Å². The largest absolute Gasteiger partial charge is 0.508 e.